The van der Waals surface area contributed by atoms with Crippen LogP contribution in [0.3, 0.4) is 0 Å². The summed E-state index contributed by atoms with van der Waals surface area (Å²) in [6.45, 7) is 4.36. The van der Waals surface area contributed by atoms with Gasteiger partial charge in [-0.25, -0.2) is 9.97 Å². The van der Waals surface area contributed by atoms with Gasteiger partial charge in [-0.05, 0) is 19.9 Å². The molecule has 7 nitrogen and oxygen atoms in total. The smallest absolute Gasteiger partial charge is 0.254 e. The van der Waals surface area contributed by atoms with Gasteiger partial charge in [0.1, 0.15) is 0 Å². The van der Waals surface area contributed by atoms with Crippen LogP contribution in [0.2, 0.25) is 0 Å². The van der Waals surface area contributed by atoms with Crippen molar-refractivity contribution in [3.63, 3.8) is 0 Å². The number of hydrogen-bond acceptors (Lipinski definition) is 6. The molecule has 1 amide bonds. The van der Waals surface area contributed by atoms with Crippen molar-refractivity contribution >= 4 is 11.9 Å². The number of carbonyl (C=O) groups excluding carboxylic acids is 1. The summed E-state index contributed by atoms with van der Waals surface area (Å²) in [5.74, 6) is 0.446. The monoisotopic (exact) mass is 278 g/mol. The molecular weight excluding hydrogens is 256 g/mol. The van der Waals surface area contributed by atoms with E-state index in [9.17, 15) is 4.79 Å². The third-order valence-electron chi connectivity index (χ3n) is 3.20. The van der Waals surface area contributed by atoms with Crippen molar-refractivity contribution in [3.8, 4) is 0 Å². The largest absolute Gasteiger partial charge is 0.348 e. The molecule has 0 saturated carbocycles. The van der Waals surface area contributed by atoms with Crippen molar-refractivity contribution in [2.45, 2.75) is 25.4 Å². The molecule has 2 atom stereocenters. The van der Waals surface area contributed by atoms with Crippen LogP contribution in [0.1, 0.15) is 23.7 Å². The van der Waals surface area contributed by atoms with Crippen molar-refractivity contribution in [3.05, 3.63) is 18.0 Å². The standard InChI is InChI=1S/C13H22N6O/c1-9(14)8-19(2)13-16-5-10(6-17-13)12(20)18-11-3-4-15-7-11/h5-6,9,11,15H,3-4,7-8,14H2,1-2H3,(H,18,20). The lowest BCUT2D eigenvalue weighted by Crippen LogP contribution is -2.36. The second-order valence-electron chi connectivity index (χ2n) is 5.29. The first-order chi connectivity index (χ1) is 9.56. The SMILES string of the molecule is CC(N)CN(C)c1ncc(C(=O)NC2CCNC2)cn1. The normalized spacial score (nSPS) is 19.6. The number of hydrogen-bond donors (Lipinski definition) is 3. The van der Waals surface area contributed by atoms with Gasteiger partial charge in [-0.2, -0.15) is 0 Å². The van der Waals surface area contributed by atoms with E-state index < -0.39 is 0 Å². The highest BCUT2D eigenvalue weighted by atomic mass is 16.1. The van der Waals surface area contributed by atoms with Crippen LogP contribution < -0.4 is 21.3 Å². The van der Waals surface area contributed by atoms with E-state index in [0.29, 0.717) is 18.1 Å². The van der Waals surface area contributed by atoms with Gasteiger partial charge in [0.2, 0.25) is 5.95 Å². The average molecular weight is 278 g/mol. The highest BCUT2D eigenvalue weighted by molar-refractivity contribution is 5.93. The molecule has 2 rings (SSSR count). The first-order valence-electron chi connectivity index (χ1n) is 6.86. The fraction of sp³-hybridized carbons (Fsp3) is 0.615. The molecule has 4 N–H and O–H groups in total. The molecule has 7 heteroatoms. The second-order valence-corrected chi connectivity index (χ2v) is 5.29. The van der Waals surface area contributed by atoms with Crippen LogP contribution in [-0.2, 0) is 0 Å². The first-order valence-corrected chi connectivity index (χ1v) is 6.86. The van der Waals surface area contributed by atoms with Crippen molar-refractivity contribution in [1.29, 1.82) is 0 Å². The third-order valence-corrected chi connectivity index (χ3v) is 3.20. The average Bonchev–Trinajstić information content (AvgIpc) is 2.91. The maximum atomic E-state index is 12.0. The van der Waals surface area contributed by atoms with E-state index in [1.807, 2.05) is 18.9 Å². The molecule has 1 aromatic heterocycles. The molecule has 0 radical (unpaired) electrons. The molecule has 1 fully saturated rings. The molecule has 1 saturated heterocycles. The zero-order chi connectivity index (χ0) is 14.5. The molecule has 110 valence electrons. The Morgan fingerprint density at radius 3 is 2.85 bits per heavy atom. The van der Waals surface area contributed by atoms with Crippen LogP contribution in [0.25, 0.3) is 0 Å². The van der Waals surface area contributed by atoms with Crippen LogP contribution in [-0.4, -0.2) is 54.6 Å². The van der Waals surface area contributed by atoms with Crippen LogP contribution in [0.5, 0.6) is 0 Å². The van der Waals surface area contributed by atoms with Crippen LogP contribution in [0.4, 0.5) is 5.95 Å². The number of nitrogens with two attached hydrogens (primary N) is 1. The van der Waals surface area contributed by atoms with Gasteiger partial charge in [0.25, 0.3) is 5.91 Å². The van der Waals surface area contributed by atoms with E-state index >= 15 is 0 Å². The van der Waals surface area contributed by atoms with Gasteiger partial charge in [-0.1, -0.05) is 0 Å². The van der Waals surface area contributed by atoms with Gasteiger partial charge in [-0.3, -0.25) is 4.79 Å². The van der Waals surface area contributed by atoms with Gasteiger partial charge in [0.05, 0.1) is 5.56 Å². The van der Waals surface area contributed by atoms with E-state index in [1.54, 1.807) is 12.4 Å². The van der Waals surface area contributed by atoms with Gasteiger partial charge < -0.3 is 21.3 Å². The predicted octanol–water partition coefficient (Wildman–Crippen LogP) is -0.648. The molecule has 0 bridgehead atoms. The van der Waals surface area contributed by atoms with Gasteiger partial charge in [-0.15, -0.1) is 0 Å². The van der Waals surface area contributed by atoms with Crippen molar-refractivity contribution < 1.29 is 4.79 Å². The topological polar surface area (TPSA) is 96.2 Å². The van der Waals surface area contributed by atoms with Gasteiger partial charge >= 0.3 is 0 Å². The minimum absolute atomic E-state index is 0.0430. The molecule has 20 heavy (non-hydrogen) atoms. The fourth-order valence-electron chi connectivity index (χ4n) is 2.20. The summed E-state index contributed by atoms with van der Waals surface area (Å²) in [7, 11) is 1.88. The Labute approximate surface area is 119 Å². The van der Waals surface area contributed by atoms with Crippen molar-refractivity contribution in [2.75, 3.05) is 31.6 Å². The summed E-state index contributed by atoms with van der Waals surface area (Å²) in [5.41, 5.74) is 6.21. The molecule has 1 aliphatic rings. The maximum absolute atomic E-state index is 12.0. The number of nitrogens with one attached hydrogen (secondary N) is 2. The summed E-state index contributed by atoms with van der Waals surface area (Å²) in [4.78, 5) is 22.3. The summed E-state index contributed by atoms with van der Waals surface area (Å²) in [6, 6.07) is 0.240. The predicted molar refractivity (Wildman–Crippen MR) is 77.7 cm³/mol. The number of nitrogens with zero attached hydrogens (tertiary/aromatic N) is 3. The molecule has 2 unspecified atom stereocenters. The highest BCUT2D eigenvalue weighted by Crippen LogP contribution is 2.06. The Hall–Kier alpha value is -1.73. The van der Waals surface area contributed by atoms with Gasteiger partial charge in [0.15, 0.2) is 0 Å². The number of carbonyl (C=O) groups is 1. The fourth-order valence-corrected chi connectivity index (χ4v) is 2.20. The Kier molecular flexibility index (Phi) is 4.86. The zero-order valence-electron chi connectivity index (χ0n) is 12.0. The quantitative estimate of drug-likeness (QED) is 0.662. The van der Waals surface area contributed by atoms with Gasteiger partial charge in [0, 0.05) is 44.6 Å². The van der Waals surface area contributed by atoms with Crippen molar-refractivity contribution in [1.82, 2.24) is 20.6 Å². The Bertz CT molecular complexity index is 441. The Balaban J connectivity index is 1.94. The molecular formula is C13H22N6O. The lowest BCUT2D eigenvalue weighted by molar-refractivity contribution is 0.0939. The third kappa shape index (κ3) is 3.88. The summed E-state index contributed by atoms with van der Waals surface area (Å²) >= 11 is 0. The summed E-state index contributed by atoms with van der Waals surface area (Å²) in [6.07, 6.45) is 4.07. The molecule has 0 aromatic carbocycles. The van der Waals surface area contributed by atoms with Crippen LogP contribution in [0.15, 0.2) is 12.4 Å². The molecule has 1 aromatic rings. The first kappa shape index (κ1) is 14.7. The number of aromatic nitrogens is 2. The Morgan fingerprint density at radius 2 is 2.30 bits per heavy atom. The Morgan fingerprint density at radius 1 is 1.60 bits per heavy atom. The molecule has 2 heterocycles. The van der Waals surface area contributed by atoms with Crippen molar-refractivity contribution in [2.24, 2.45) is 5.73 Å². The molecule has 0 aliphatic carbocycles. The van der Waals surface area contributed by atoms with E-state index in [0.717, 1.165) is 19.5 Å². The van der Waals surface area contributed by atoms with Crippen LogP contribution >= 0.6 is 0 Å². The number of rotatable bonds is 5. The second kappa shape index (κ2) is 6.62. The highest BCUT2D eigenvalue weighted by Gasteiger charge is 2.18. The number of likely N-dealkylation sites (N-methyl/N-ethyl adjacent to an activating group) is 1. The van der Waals surface area contributed by atoms with E-state index in [-0.39, 0.29) is 18.0 Å². The lowest BCUT2D eigenvalue weighted by atomic mass is 10.2. The van der Waals surface area contributed by atoms with E-state index in [2.05, 4.69) is 20.6 Å². The minimum atomic E-state index is -0.125. The molecule has 0 spiro atoms. The minimum Gasteiger partial charge on any atom is -0.348 e. The molecule has 1 aliphatic heterocycles. The zero-order valence-corrected chi connectivity index (χ0v) is 12.0. The lowest BCUT2D eigenvalue weighted by Gasteiger charge is -2.19. The maximum Gasteiger partial charge on any atom is 0.254 e. The number of amides is 1. The summed E-state index contributed by atoms with van der Waals surface area (Å²) < 4.78 is 0. The van der Waals surface area contributed by atoms with E-state index in [4.69, 9.17) is 5.73 Å². The van der Waals surface area contributed by atoms with E-state index in [1.165, 1.54) is 0 Å². The number of anilines is 1. The summed E-state index contributed by atoms with van der Waals surface area (Å²) in [5, 5.41) is 6.17. The van der Waals surface area contributed by atoms with Crippen LogP contribution in [0, 0.1) is 0 Å².